The number of aromatic nitrogens is 4. The van der Waals surface area contributed by atoms with Crippen LogP contribution in [0.1, 0.15) is 83.0 Å². The van der Waals surface area contributed by atoms with Crippen molar-refractivity contribution in [3.05, 3.63) is 217 Å². The van der Waals surface area contributed by atoms with Crippen molar-refractivity contribution in [1.82, 2.24) is 18.9 Å². The fourth-order valence-electron chi connectivity index (χ4n) is 11.4. The van der Waals surface area contributed by atoms with E-state index in [0.717, 1.165) is 16.9 Å². The van der Waals surface area contributed by atoms with Crippen molar-refractivity contribution in [2.75, 3.05) is 0 Å². The molecule has 12 aromatic rings. The predicted molar refractivity (Wildman–Crippen MR) is 297 cm³/mol. The van der Waals surface area contributed by atoms with E-state index in [1.54, 1.807) is 66.8 Å². The first-order valence-electron chi connectivity index (χ1n) is 28.7. The van der Waals surface area contributed by atoms with Gasteiger partial charge in [0.25, 0.3) is 0 Å². The zero-order valence-electron chi connectivity index (χ0n) is 49.4. The molecule has 5 heterocycles. The van der Waals surface area contributed by atoms with Crippen molar-refractivity contribution in [2.45, 2.75) is 71.4 Å². The molecule has 353 valence electrons. The molecule has 4 aromatic heterocycles. The Labute approximate surface area is 448 Å². The standard InChI is InChI=1S/C39H29N2.C28H25N2.Ir/c1-39(2,3)25-20-21-40-38(22-25)41-36-19-11-10-18-32(36)35-23-33-30-16-8-6-14-28(30)26-12-4-5-13-27(26)29-15-7-9-17-31(29)34(33)24-37(35)41;1-17-15-16-21-24-22(17)19-13-9-10-14-20(19)26-29-23(18-11-7-6-8-12-18)25(30(24)26)28(4,5)27(21,2)3;/h4-18,20-24H,1-3H3;6-13,15-16H,1-5H3;/q2*-1;/i;1D3,4D3,5D3;. The van der Waals surface area contributed by atoms with Crippen LogP contribution in [0.2, 0.25) is 0 Å². The summed E-state index contributed by atoms with van der Waals surface area (Å²) in [5.41, 5.74) is 11.8. The van der Waals surface area contributed by atoms with Gasteiger partial charge in [0, 0.05) is 71.8 Å². The Morgan fingerprint density at radius 2 is 1.18 bits per heavy atom. The molecule has 1 radical (unpaired) electrons. The third-order valence-electron chi connectivity index (χ3n) is 15.1. The number of para-hydroxylation sites is 1. The maximum absolute atomic E-state index is 8.82. The molecule has 1 aliphatic heterocycles. The molecule has 1 aliphatic carbocycles. The summed E-state index contributed by atoms with van der Waals surface area (Å²) in [5, 5.41) is 3.90. The molecular weight excluding hydrogens is 1050 g/mol. The molecule has 2 aliphatic rings. The largest absolute Gasteiger partial charge is 0.336 e. The van der Waals surface area contributed by atoms with E-state index >= 15 is 0 Å². The van der Waals surface area contributed by atoms with Gasteiger partial charge in [-0.2, -0.15) is 24.3 Å². The molecule has 0 unspecified atom stereocenters. The molecule has 72 heavy (non-hydrogen) atoms. The molecule has 0 saturated heterocycles. The quantitative estimate of drug-likeness (QED) is 0.128. The van der Waals surface area contributed by atoms with Crippen molar-refractivity contribution in [3.63, 3.8) is 0 Å². The summed E-state index contributed by atoms with van der Waals surface area (Å²) >= 11 is 0. The summed E-state index contributed by atoms with van der Waals surface area (Å²) in [5.74, 6) is 0.921. The Morgan fingerprint density at radius 3 is 1.81 bits per heavy atom. The third kappa shape index (κ3) is 6.60. The van der Waals surface area contributed by atoms with Gasteiger partial charge in [0.05, 0.1) is 11.3 Å². The van der Waals surface area contributed by atoms with Crippen LogP contribution in [-0.4, -0.2) is 18.9 Å². The molecule has 0 bridgehead atoms. The third-order valence-corrected chi connectivity index (χ3v) is 15.1. The van der Waals surface area contributed by atoms with Crippen LogP contribution in [0, 0.1) is 19.0 Å². The van der Waals surface area contributed by atoms with E-state index in [4.69, 9.17) is 22.3 Å². The monoisotopic (exact) mass is 1120 g/mol. The summed E-state index contributed by atoms with van der Waals surface area (Å²) in [6.45, 7) is 1.54. The normalized spacial score (nSPS) is 16.3. The number of benzene rings is 8. The van der Waals surface area contributed by atoms with Crippen LogP contribution in [0.25, 0.3) is 111 Å². The first-order chi connectivity index (χ1) is 38.0. The molecule has 5 heteroatoms. The van der Waals surface area contributed by atoms with Gasteiger partial charge in [-0.3, -0.25) is 4.98 Å². The Kier molecular flexibility index (Phi) is 8.39. The summed E-state index contributed by atoms with van der Waals surface area (Å²) in [4.78, 5) is 9.83. The fourth-order valence-corrected chi connectivity index (χ4v) is 11.4. The second-order valence-corrected chi connectivity index (χ2v) is 20.5. The van der Waals surface area contributed by atoms with E-state index < -0.39 is 31.4 Å². The number of hydrogen-bond acceptors (Lipinski definition) is 2. The van der Waals surface area contributed by atoms with Gasteiger partial charge in [0.2, 0.25) is 0 Å². The Bertz CT molecular complexity index is 4510. The average Bonchev–Trinajstić information content (AvgIpc) is 2.81. The minimum atomic E-state index is -3.00. The van der Waals surface area contributed by atoms with Gasteiger partial charge in [-0.05, 0) is 96.9 Å². The van der Waals surface area contributed by atoms with Crippen molar-refractivity contribution >= 4 is 49.1 Å². The van der Waals surface area contributed by atoms with Crippen LogP contribution in [0.3, 0.4) is 0 Å². The van der Waals surface area contributed by atoms with Crippen molar-refractivity contribution in [1.29, 1.82) is 0 Å². The molecule has 0 N–H and O–H groups in total. The number of hydrogen-bond donors (Lipinski definition) is 0. The van der Waals surface area contributed by atoms with E-state index in [2.05, 4.69) is 147 Å². The number of pyridine rings is 2. The molecule has 14 rings (SSSR count). The molecular formula is C67H54IrN4-2. The summed E-state index contributed by atoms with van der Waals surface area (Å²) in [6, 6.07) is 65.9. The van der Waals surface area contributed by atoms with Gasteiger partial charge in [-0.1, -0.05) is 186 Å². The maximum Gasteiger partial charge on any atom is 0.135 e. The maximum atomic E-state index is 8.82. The zero-order chi connectivity index (χ0) is 56.1. The van der Waals surface area contributed by atoms with E-state index in [1.807, 2.05) is 18.3 Å². The molecule has 0 spiro atoms. The number of aryl methyl sites for hydroxylation is 1. The first-order valence-corrected chi connectivity index (χ1v) is 24.2. The Morgan fingerprint density at radius 1 is 0.583 bits per heavy atom. The smallest absolute Gasteiger partial charge is 0.135 e. The van der Waals surface area contributed by atoms with E-state index in [-0.39, 0.29) is 42.5 Å². The van der Waals surface area contributed by atoms with Crippen molar-refractivity contribution < 1.29 is 32.4 Å². The summed E-state index contributed by atoms with van der Waals surface area (Å²) in [7, 11) is 0. The predicted octanol–water partition coefficient (Wildman–Crippen LogP) is 17.2. The summed E-state index contributed by atoms with van der Waals surface area (Å²) in [6.07, 6.45) is 1.94. The van der Waals surface area contributed by atoms with Gasteiger partial charge < -0.3 is 8.97 Å². The van der Waals surface area contributed by atoms with Crippen LogP contribution < -0.4 is 0 Å². The number of fused-ring (bicyclic) bond motifs is 14. The van der Waals surface area contributed by atoms with Gasteiger partial charge >= 0.3 is 0 Å². The SMILES string of the molecule is CC(C)(C)c1ccnc(-n2c3[c-]cccc3c3cc4c(cc32)-c2ccccc2-c2ccccc2-c2ccccc2-4)c1.[2H]C([2H])([2H])c1ccc2c3c1c1ccc[c-]c1c1nc(-c4ccccc4)c(n13)C(C([2H])([2H])[2H])(C([2H])([2H])[2H])C2(C)C.[Ir]. The average molecular weight is 1120 g/mol. The van der Waals surface area contributed by atoms with Crippen LogP contribution in [0.4, 0.5) is 0 Å². The molecule has 0 saturated carbocycles. The Balaban J connectivity index is 0.000000159. The van der Waals surface area contributed by atoms with Crippen molar-refractivity contribution in [3.8, 4) is 61.6 Å². The van der Waals surface area contributed by atoms with Crippen LogP contribution in [0.15, 0.2) is 182 Å². The second-order valence-electron chi connectivity index (χ2n) is 20.5. The second kappa shape index (κ2) is 16.6. The number of imidazole rings is 1. The molecule has 0 fully saturated rings. The van der Waals surface area contributed by atoms with Crippen LogP contribution in [-0.2, 0) is 36.4 Å². The molecule has 0 amide bonds. The minimum absolute atomic E-state index is 0. The molecule has 4 nitrogen and oxygen atoms in total. The van der Waals surface area contributed by atoms with E-state index in [0.29, 0.717) is 38.4 Å². The van der Waals surface area contributed by atoms with Crippen LogP contribution in [0.5, 0.6) is 0 Å². The van der Waals surface area contributed by atoms with Gasteiger partial charge in [-0.15, -0.1) is 35.0 Å². The van der Waals surface area contributed by atoms with Gasteiger partial charge in [0.1, 0.15) is 5.82 Å². The van der Waals surface area contributed by atoms with Gasteiger partial charge in [-0.25, -0.2) is 4.98 Å². The summed E-state index contributed by atoms with van der Waals surface area (Å²) < 4.78 is 81.7. The number of rotatable bonds is 2. The van der Waals surface area contributed by atoms with Gasteiger partial charge in [0.15, 0.2) is 0 Å². The van der Waals surface area contributed by atoms with E-state index in [9.17, 15) is 0 Å². The Hall–Kier alpha value is -7.43. The first kappa shape index (κ1) is 36.5. The van der Waals surface area contributed by atoms with Crippen LogP contribution >= 0.6 is 0 Å². The minimum Gasteiger partial charge on any atom is -0.336 e. The molecule has 8 aromatic carbocycles. The van der Waals surface area contributed by atoms with Crippen molar-refractivity contribution in [2.24, 2.45) is 0 Å². The zero-order valence-corrected chi connectivity index (χ0v) is 42.8. The van der Waals surface area contributed by atoms with E-state index in [1.165, 1.54) is 66.9 Å². The number of nitrogens with zero attached hydrogens (tertiary/aromatic N) is 4. The molecule has 0 atom stereocenters. The fraction of sp³-hybridized carbons (Fsp3) is 0.164. The topological polar surface area (TPSA) is 35.1 Å².